The van der Waals surface area contributed by atoms with Gasteiger partial charge in [-0.3, -0.25) is 4.99 Å². The van der Waals surface area contributed by atoms with Gasteiger partial charge in [-0.2, -0.15) is 11.3 Å². The molecule has 2 N–H and O–H groups in total. The predicted octanol–water partition coefficient (Wildman–Crippen LogP) is 4.08. The molecule has 1 fully saturated rings. The Morgan fingerprint density at radius 3 is 2.96 bits per heavy atom. The summed E-state index contributed by atoms with van der Waals surface area (Å²) in [5.41, 5.74) is 3.67. The second-order valence-corrected chi connectivity index (χ2v) is 8.10. The van der Waals surface area contributed by atoms with Crippen LogP contribution in [0.3, 0.4) is 0 Å². The van der Waals surface area contributed by atoms with E-state index in [9.17, 15) is 0 Å². The van der Waals surface area contributed by atoms with Crippen LogP contribution in [-0.4, -0.2) is 38.9 Å². The lowest BCUT2D eigenvalue weighted by Gasteiger charge is -2.18. The molecule has 28 heavy (non-hydrogen) atoms. The Kier molecular flexibility index (Phi) is 7.74. The number of guanidine groups is 1. The summed E-state index contributed by atoms with van der Waals surface area (Å²) in [7, 11) is 1.80. The lowest BCUT2D eigenvalue weighted by molar-refractivity contribution is 0.0676. The van der Waals surface area contributed by atoms with Gasteiger partial charge in [-0.05, 0) is 59.7 Å². The number of benzene rings is 1. The van der Waals surface area contributed by atoms with E-state index in [4.69, 9.17) is 9.47 Å². The fourth-order valence-corrected chi connectivity index (χ4v) is 4.01. The molecule has 0 amide bonds. The SMILES string of the molecule is CN=C(NCc1ccc(C)cc1OCC1CCCO1)NCC(C)c1ccsc1. The van der Waals surface area contributed by atoms with Gasteiger partial charge in [-0.1, -0.05) is 19.1 Å². The molecule has 1 saturated heterocycles. The summed E-state index contributed by atoms with van der Waals surface area (Å²) in [4.78, 5) is 4.35. The smallest absolute Gasteiger partial charge is 0.191 e. The minimum atomic E-state index is 0.217. The molecule has 2 aromatic rings. The first-order valence-electron chi connectivity index (χ1n) is 9.96. The van der Waals surface area contributed by atoms with Gasteiger partial charge in [-0.15, -0.1) is 0 Å². The van der Waals surface area contributed by atoms with E-state index in [0.29, 0.717) is 19.1 Å². The van der Waals surface area contributed by atoms with E-state index >= 15 is 0 Å². The molecule has 0 radical (unpaired) electrons. The topological polar surface area (TPSA) is 54.9 Å². The first kappa shape index (κ1) is 20.7. The van der Waals surface area contributed by atoms with Gasteiger partial charge < -0.3 is 20.1 Å². The minimum Gasteiger partial charge on any atom is -0.491 e. The summed E-state index contributed by atoms with van der Waals surface area (Å²) in [5.74, 6) is 2.16. The molecule has 0 aliphatic carbocycles. The zero-order valence-electron chi connectivity index (χ0n) is 17.0. The summed E-state index contributed by atoms with van der Waals surface area (Å²) in [6, 6.07) is 8.51. The van der Waals surface area contributed by atoms with Crippen LogP contribution in [0.15, 0.2) is 40.0 Å². The van der Waals surface area contributed by atoms with E-state index in [1.54, 1.807) is 18.4 Å². The number of nitrogens with zero attached hydrogens (tertiary/aromatic N) is 1. The number of ether oxygens (including phenoxy) is 2. The van der Waals surface area contributed by atoms with Crippen LogP contribution in [0, 0.1) is 6.92 Å². The van der Waals surface area contributed by atoms with Crippen molar-refractivity contribution in [1.29, 1.82) is 0 Å². The number of aliphatic imine (C=N–C) groups is 1. The van der Waals surface area contributed by atoms with Crippen molar-refractivity contribution >= 4 is 17.3 Å². The van der Waals surface area contributed by atoms with Crippen molar-refractivity contribution in [2.75, 3.05) is 26.8 Å². The van der Waals surface area contributed by atoms with Crippen LogP contribution in [0.2, 0.25) is 0 Å². The van der Waals surface area contributed by atoms with E-state index in [1.165, 1.54) is 11.1 Å². The highest BCUT2D eigenvalue weighted by Gasteiger charge is 2.17. The number of hydrogen-bond acceptors (Lipinski definition) is 4. The molecule has 0 bridgehead atoms. The molecule has 2 heterocycles. The van der Waals surface area contributed by atoms with Crippen LogP contribution in [0.1, 0.15) is 42.4 Å². The van der Waals surface area contributed by atoms with E-state index in [2.05, 4.69) is 64.5 Å². The average molecular weight is 402 g/mol. The monoisotopic (exact) mass is 401 g/mol. The zero-order chi connectivity index (χ0) is 19.8. The van der Waals surface area contributed by atoms with Crippen molar-refractivity contribution in [3.63, 3.8) is 0 Å². The molecule has 2 unspecified atom stereocenters. The molecule has 0 spiro atoms. The van der Waals surface area contributed by atoms with Crippen molar-refractivity contribution in [1.82, 2.24) is 10.6 Å². The van der Waals surface area contributed by atoms with E-state index < -0.39 is 0 Å². The van der Waals surface area contributed by atoms with Gasteiger partial charge in [0.15, 0.2) is 5.96 Å². The van der Waals surface area contributed by atoms with Gasteiger partial charge in [0.1, 0.15) is 12.4 Å². The molecule has 1 aliphatic heterocycles. The standard InChI is InChI=1S/C22H31N3O2S/c1-16-6-7-18(21(11-16)27-14-20-5-4-9-26-20)13-25-22(23-3)24-12-17(2)19-8-10-28-15-19/h6-8,10-11,15,17,20H,4-5,9,12-14H2,1-3H3,(H2,23,24,25). The summed E-state index contributed by atoms with van der Waals surface area (Å²) in [5, 5.41) is 11.1. The zero-order valence-corrected chi connectivity index (χ0v) is 17.8. The maximum absolute atomic E-state index is 6.09. The first-order valence-corrected chi connectivity index (χ1v) is 10.9. The van der Waals surface area contributed by atoms with Crippen LogP contribution < -0.4 is 15.4 Å². The number of hydrogen-bond donors (Lipinski definition) is 2. The molecule has 0 saturated carbocycles. The molecule has 1 aromatic heterocycles. The van der Waals surface area contributed by atoms with Gasteiger partial charge in [0.25, 0.3) is 0 Å². The number of aryl methyl sites for hydroxylation is 1. The fourth-order valence-electron chi connectivity index (χ4n) is 3.22. The second kappa shape index (κ2) is 10.5. The Morgan fingerprint density at radius 2 is 2.25 bits per heavy atom. The molecule has 6 heteroatoms. The lowest BCUT2D eigenvalue weighted by atomic mass is 10.1. The molecular formula is C22H31N3O2S. The largest absolute Gasteiger partial charge is 0.491 e. The molecular weight excluding hydrogens is 370 g/mol. The van der Waals surface area contributed by atoms with Crippen molar-refractivity contribution in [2.24, 2.45) is 4.99 Å². The van der Waals surface area contributed by atoms with Gasteiger partial charge in [0, 0.05) is 32.3 Å². The third-order valence-electron chi connectivity index (χ3n) is 5.03. The summed E-state index contributed by atoms with van der Waals surface area (Å²) < 4.78 is 11.8. The van der Waals surface area contributed by atoms with Crippen LogP contribution in [0.4, 0.5) is 0 Å². The quantitative estimate of drug-likeness (QED) is 0.517. The summed E-state index contributed by atoms with van der Waals surface area (Å²) in [6.45, 7) is 7.27. The first-order chi connectivity index (χ1) is 13.7. The van der Waals surface area contributed by atoms with E-state index in [-0.39, 0.29) is 6.10 Å². The predicted molar refractivity (Wildman–Crippen MR) is 117 cm³/mol. The van der Waals surface area contributed by atoms with Gasteiger partial charge in [0.05, 0.1) is 6.10 Å². The third kappa shape index (κ3) is 5.97. The minimum absolute atomic E-state index is 0.217. The van der Waals surface area contributed by atoms with Crippen molar-refractivity contribution < 1.29 is 9.47 Å². The van der Waals surface area contributed by atoms with E-state index in [1.807, 2.05) is 0 Å². The second-order valence-electron chi connectivity index (χ2n) is 7.32. The Bertz CT molecular complexity index is 755. The Balaban J connectivity index is 1.53. The summed E-state index contributed by atoms with van der Waals surface area (Å²) >= 11 is 1.74. The maximum Gasteiger partial charge on any atom is 0.191 e. The Labute approximate surface area is 172 Å². The number of rotatable bonds is 8. The van der Waals surface area contributed by atoms with Gasteiger partial charge in [0.2, 0.25) is 0 Å². The van der Waals surface area contributed by atoms with Crippen LogP contribution >= 0.6 is 11.3 Å². The molecule has 152 valence electrons. The van der Waals surface area contributed by atoms with Crippen molar-refractivity contribution in [2.45, 2.75) is 45.3 Å². The van der Waals surface area contributed by atoms with Crippen LogP contribution in [0.25, 0.3) is 0 Å². The highest BCUT2D eigenvalue weighted by molar-refractivity contribution is 7.07. The molecule has 3 rings (SSSR count). The third-order valence-corrected chi connectivity index (χ3v) is 5.73. The summed E-state index contributed by atoms with van der Waals surface area (Å²) in [6.07, 6.45) is 2.43. The van der Waals surface area contributed by atoms with Crippen molar-refractivity contribution in [3.05, 3.63) is 51.7 Å². The van der Waals surface area contributed by atoms with E-state index in [0.717, 1.165) is 43.3 Å². The normalized spacial score (nSPS) is 18.1. The molecule has 5 nitrogen and oxygen atoms in total. The van der Waals surface area contributed by atoms with Gasteiger partial charge in [-0.25, -0.2) is 0 Å². The highest BCUT2D eigenvalue weighted by atomic mass is 32.1. The van der Waals surface area contributed by atoms with Crippen molar-refractivity contribution in [3.8, 4) is 5.75 Å². The molecule has 2 atom stereocenters. The average Bonchev–Trinajstić information content (AvgIpc) is 3.41. The van der Waals surface area contributed by atoms with Gasteiger partial charge >= 0.3 is 0 Å². The number of thiophene rings is 1. The molecule has 1 aliphatic rings. The van der Waals surface area contributed by atoms with Crippen LogP contribution in [0.5, 0.6) is 5.75 Å². The van der Waals surface area contributed by atoms with Crippen LogP contribution in [-0.2, 0) is 11.3 Å². The maximum atomic E-state index is 6.09. The lowest BCUT2D eigenvalue weighted by Crippen LogP contribution is -2.38. The Morgan fingerprint density at radius 1 is 1.36 bits per heavy atom. The molecule has 1 aromatic carbocycles. The number of nitrogens with one attached hydrogen (secondary N) is 2. The fraction of sp³-hybridized carbons (Fsp3) is 0.500. The highest BCUT2D eigenvalue weighted by Crippen LogP contribution is 2.22. The Hall–Kier alpha value is -2.05.